The predicted molar refractivity (Wildman–Crippen MR) is 186 cm³/mol. The van der Waals surface area contributed by atoms with E-state index in [1.807, 2.05) is 132 Å². The topological polar surface area (TPSA) is 68.3 Å². The average Bonchev–Trinajstić information content (AvgIpc) is 2.86. The summed E-state index contributed by atoms with van der Waals surface area (Å²) < 4.78 is -2.38. The Morgan fingerprint density at radius 3 is 0.578 bits per heavy atom. The standard InChI is InChI=1S/C40H44GeO4/c1-21-13-25(5)33(26(6)14-21)37(42)41(38(43)34-27(7)15-22(2)16-28(34)8,39(44)35-29(9)17-23(3)18-30(35)10)40(45)36-31(11)19-24(4)20-32(36)12/h13-20H,1-12H3. The molecule has 5 heteroatoms. The summed E-state index contributed by atoms with van der Waals surface area (Å²) in [7, 11) is 0. The van der Waals surface area contributed by atoms with Gasteiger partial charge in [-0.15, -0.1) is 0 Å². The van der Waals surface area contributed by atoms with Gasteiger partial charge < -0.3 is 0 Å². The summed E-state index contributed by atoms with van der Waals surface area (Å²) in [5, 5.41) is 0. The number of aryl methyl sites for hydroxylation is 12. The van der Waals surface area contributed by atoms with Crippen LogP contribution in [0.1, 0.15) is 108 Å². The minimum atomic E-state index is -5.87. The van der Waals surface area contributed by atoms with Crippen LogP contribution < -0.4 is 0 Å². The SMILES string of the molecule is Cc1cc(C)c([C](=O)[Ge]([C](=O)c2c(C)cc(C)cc2C)([C](=O)c2c(C)cc(C)cc2C)[C](=O)c2c(C)cc(C)cc2C)c(C)c1. The molecule has 0 N–H and O–H groups in total. The second kappa shape index (κ2) is 12.5. The molecule has 0 saturated heterocycles. The third-order valence-electron chi connectivity index (χ3n) is 8.98. The van der Waals surface area contributed by atoms with E-state index in [-0.39, 0.29) is 0 Å². The van der Waals surface area contributed by atoms with Crippen LogP contribution in [0.3, 0.4) is 0 Å². The van der Waals surface area contributed by atoms with Crippen molar-refractivity contribution in [3.8, 4) is 0 Å². The minimum absolute atomic E-state index is 0.308. The fourth-order valence-corrected chi connectivity index (χ4v) is 16.6. The zero-order chi connectivity index (χ0) is 33.7. The normalized spacial score (nSPS) is 11.5. The first-order valence-corrected chi connectivity index (χ1v) is 19.6. The number of carbonyl (C=O) groups excluding carboxylic acids is 4. The van der Waals surface area contributed by atoms with Crippen molar-refractivity contribution in [3.05, 3.63) is 138 Å². The Bertz CT molecular complexity index is 1570. The van der Waals surface area contributed by atoms with Crippen molar-refractivity contribution in [2.45, 2.75) is 83.1 Å². The summed E-state index contributed by atoms with van der Waals surface area (Å²) in [6.45, 7) is 22.4. The first-order valence-electron chi connectivity index (χ1n) is 15.4. The molecule has 0 amide bonds. The van der Waals surface area contributed by atoms with Gasteiger partial charge in [-0.3, -0.25) is 0 Å². The van der Waals surface area contributed by atoms with Crippen molar-refractivity contribution in [1.29, 1.82) is 0 Å². The van der Waals surface area contributed by atoms with E-state index < -0.39 is 31.7 Å². The molecular weight excluding hydrogens is 617 g/mol. The number of benzene rings is 4. The first-order chi connectivity index (χ1) is 20.9. The summed E-state index contributed by atoms with van der Waals surface area (Å²) in [6, 6.07) is 15.1. The molecule has 4 rings (SSSR count). The number of hydrogen-bond donors (Lipinski definition) is 0. The van der Waals surface area contributed by atoms with E-state index in [1.54, 1.807) is 0 Å². The van der Waals surface area contributed by atoms with Crippen molar-refractivity contribution in [1.82, 2.24) is 0 Å². The predicted octanol–water partition coefficient (Wildman–Crippen LogP) is 8.82. The van der Waals surface area contributed by atoms with E-state index in [4.69, 9.17) is 0 Å². The van der Waals surface area contributed by atoms with Crippen molar-refractivity contribution < 1.29 is 19.2 Å². The molecule has 0 aliphatic heterocycles. The summed E-state index contributed by atoms with van der Waals surface area (Å²) in [5.41, 5.74) is 10.4. The van der Waals surface area contributed by atoms with Crippen LogP contribution in [0, 0.1) is 83.1 Å². The van der Waals surface area contributed by atoms with E-state index in [2.05, 4.69) is 0 Å². The zero-order valence-electron chi connectivity index (χ0n) is 28.8. The van der Waals surface area contributed by atoms with Gasteiger partial charge in [0.1, 0.15) is 0 Å². The third kappa shape index (κ3) is 5.81. The van der Waals surface area contributed by atoms with Gasteiger partial charge in [0, 0.05) is 0 Å². The third-order valence-corrected chi connectivity index (χ3v) is 16.8. The molecule has 0 spiro atoms. The summed E-state index contributed by atoms with van der Waals surface area (Å²) in [4.78, 5) is 62.2. The maximum absolute atomic E-state index is 15.6. The Morgan fingerprint density at radius 2 is 0.444 bits per heavy atom. The van der Waals surface area contributed by atoms with Crippen LogP contribution in [0.2, 0.25) is 0 Å². The van der Waals surface area contributed by atoms with Gasteiger partial charge in [-0.05, 0) is 0 Å². The molecule has 0 aromatic heterocycles. The van der Waals surface area contributed by atoms with E-state index in [0.29, 0.717) is 66.8 Å². The monoisotopic (exact) mass is 662 g/mol. The van der Waals surface area contributed by atoms with Gasteiger partial charge >= 0.3 is 272 Å². The quantitative estimate of drug-likeness (QED) is 0.177. The second-order valence-corrected chi connectivity index (χ2v) is 20.1. The molecule has 0 atom stereocenters. The second-order valence-electron chi connectivity index (χ2n) is 13.2. The molecule has 0 fully saturated rings. The van der Waals surface area contributed by atoms with Crippen molar-refractivity contribution in [2.75, 3.05) is 0 Å². The fourth-order valence-electron chi connectivity index (χ4n) is 7.52. The Hall–Kier alpha value is -3.90. The molecule has 4 nitrogen and oxygen atoms in total. The van der Waals surface area contributed by atoms with Gasteiger partial charge in [0.05, 0.1) is 0 Å². The van der Waals surface area contributed by atoms with Crippen LogP contribution in [-0.4, -0.2) is 31.7 Å². The van der Waals surface area contributed by atoms with Crippen molar-refractivity contribution in [2.24, 2.45) is 0 Å². The number of rotatable bonds is 8. The van der Waals surface area contributed by atoms with Crippen molar-refractivity contribution >= 4 is 31.7 Å². The molecule has 4 aromatic rings. The maximum atomic E-state index is 15.6. The molecule has 0 aliphatic rings. The molecule has 0 aliphatic carbocycles. The van der Waals surface area contributed by atoms with E-state index in [1.165, 1.54) is 0 Å². The van der Waals surface area contributed by atoms with Gasteiger partial charge in [-0.25, -0.2) is 0 Å². The van der Waals surface area contributed by atoms with Crippen LogP contribution in [0.15, 0.2) is 48.5 Å². The summed E-state index contributed by atoms with van der Waals surface area (Å²) >= 11 is -5.87. The molecule has 4 aromatic carbocycles. The number of hydrogen-bond acceptors (Lipinski definition) is 4. The van der Waals surface area contributed by atoms with Crippen LogP contribution in [-0.2, 0) is 0 Å². The van der Waals surface area contributed by atoms with E-state index >= 15 is 19.2 Å². The zero-order valence-corrected chi connectivity index (χ0v) is 30.8. The van der Waals surface area contributed by atoms with Crippen molar-refractivity contribution in [3.63, 3.8) is 0 Å². The molecule has 0 unspecified atom stereocenters. The average molecular weight is 661 g/mol. The van der Waals surface area contributed by atoms with Gasteiger partial charge in [-0.1, -0.05) is 0 Å². The van der Waals surface area contributed by atoms with Gasteiger partial charge in [0.25, 0.3) is 0 Å². The molecular formula is C40H44GeO4. The summed E-state index contributed by atoms with van der Waals surface area (Å²) in [5.74, 6) is 0. The molecule has 232 valence electrons. The van der Waals surface area contributed by atoms with Gasteiger partial charge in [-0.2, -0.15) is 0 Å². The Labute approximate surface area is 270 Å². The van der Waals surface area contributed by atoms with Crippen LogP contribution in [0.4, 0.5) is 0 Å². The molecule has 0 saturated carbocycles. The molecule has 0 heterocycles. The van der Waals surface area contributed by atoms with Crippen LogP contribution in [0.25, 0.3) is 0 Å². The fraction of sp³-hybridized carbons (Fsp3) is 0.300. The van der Waals surface area contributed by atoms with Gasteiger partial charge in [0.2, 0.25) is 0 Å². The number of carbonyl (C=O) groups is 4. The van der Waals surface area contributed by atoms with Gasteiger partial charge in [0.15, 0.2) is 0 Å². The summed E-state index contributed by atoms with van der Waals surface area (Å²) in [6.07, 6.45) is 0. The molecule has 0 radical (unpaired) electrons. The Kier molecular flexibility index (Phi) is 9.42. The Balaban J connectivity index is 2.29. The molecule has 0 bridgehead atoms. The van der Waals surface area contributed by atoms with E-state index in [0.717, 1.165) is 22.3 Å². The Morgan fingerprint density at radius 1 is 0.311 bits per heavy atom. The van der Waals surface area contributed by atoms with Crippen LogP contribution >= 0.6 is 0 Å². The van der Waals surface area contributed by atoms with E-state index in [9.17, 15) is 0 Å². The first kappa shape index (κ1) is 34.0. The molecule has 45 heavy (non-hydrogen) atoms. The van der Waals surface area contributed by atoms with Crippen LogP contribution in [0.5, 0.6) is 0 Å².